The number of para-hydroxylation sites is 1. The van der Waals surface area contributed by atoms with Crippen LogP contribution in [0.4, 0.5) is 11.4 Å². The summed E-state index contributed by atoms with van der Waals surface area (Å²) in [6, 6.07) is 29.8. The first-order chi connectivity index (χ1) is 15.9. The molecule has 1 aliphatic heterocycles. The summed E-state index contributed by atoms with van der Waals surface area (Å²) < 4.78 is 0. The zero-order valence-corrected chi connectivity index (χ0v) is 17.6. The lowest BCUT2D eigenvalue weighted by molar-refractivity contribution is 0.746. The van der Waals surface area contributed by atoms with E-state index in [-0.39, 0.29) is 0 Å². The number of benzene rings is 4. The summed E-state index contributed by atoms with van der Waals surface area (Å²) in [6.45, 7) is 0. The van der Waals surface area contributed by atoms with Gasteiger partial charge in [-0.15, -0.1) is 0 Å². The Morgan fingerprint density at radius 1 is 0.656 bits per heavy atom. The van der Waals surface area contributed by atoms with Gasteiger partial charge in [0.1, 0.15) is 0 Å². The Kier molecular flexibility index (Phi) is 3.09. The van der Waals surface area contributed by atoms with Crippen LogP contribution in [0.1, 0.15) is 33.7 Å². The van der Waals surface area contributed by atoms with Crippen LogP contribution in [0.5, 0.6) is 0 Å². The molecule has 0 amide bonds. The molecular weight excluding hydrogens is 386 g/mol. The van der Waals surface area contributed by atoms with E-state index in [2.05, 4.69) is 108 Å². The van der Waals surface area contributed by atoms with Crippen LogP contribution in [0.15, 0.2) is 103 Å². The van der Waals surface area contributed by atoms with Crippen molar-refractivity contribution in [1.82, 2.24) is 0 Å². The van der Waals surface area contributed by atoms with Gasteiger partial charge in [0, 0.05) is 22.7 Å². The second kappa shape index (κ2) is 5.89. The van der Waals surface area contributed by atoms with Gasteiger partial charge in [0.05, 0.1) is 6.04 Å². The molecule has 4 aromatic rings. The Morgan fingerprint density at radius 3 is 2.50 bits per heavy atom. The van der Waals surface area contributed by atoms with Crippen molar-refractivity contribution in [2.24, 2.45) is 0 Å². The zero-order chi connectivity index (χ0) is 20.8. The Morgan fingerprint density at radius 2 is 1.50 bits per heavy atom. The summed E-state index contributed by atoms with van der Waals surface area (Å²) >= 11 is 0. The summed E-state index contributed by atoms with van der Waals surface area (Å²) in [6.07, 6.45) is 10.2. The molecule has 2 unspecified atom stereocenters. The maximum atomic E-state index is 2.57. The molecule has 4 aromatic carbocycles. The smallest absolute Gasteiger partial charge is 0.0629 e. The minimum atomic E-state index is 0.330. The van der Waals surface area contributed by atoms with Crippen molar-refractivity contribution >= 4 is 33.3 Å². The number of hydrogen-bond acceptors (Lipinski definition) is 1. The molecule has 4 aliphatic rings. The standard InChI is InChI=1S/C31H21N/c1-2-9-20-19(8-1)18-26-23-16-17-29(24-12-7-13-25(30(20)26)31(23)24)32-27-14-5-3-10-21(27)22-11-4-6-15-28(22)32/h1-17,21,27H,18H2. The molecule has 0 fully saturated rings. The highest BCUT2D eigenvalue weighted by Gasteiger charge is 2.39. The second-order valence-electron chi connectivity index (χ2n) is 9.26. The van der Waals surface area contributed by atoms with Crippen LogP contribution in [-0.4, -0.2) is 6.04 Å². The predicted molar refractivity (Wildman–Crippen MR) is 133 cm³/mol. The fraction of sp³-hybridized carbons (Fsp3) is 0.0968. The van der Waals surface area contributed by atoms with Crippen molar-refractivity contribution in [2.45, 2.75) is 18.4 Å². The summed E-state index contributed by atoms with van der Waals surface area (Å²) in [5.74, 6) is 0.411. The average molecular weight is 408 g/mol. The number of fused-ring (bicyclic) bond motifs is 7. The highest BCUT2D eigenvalue weighted by molar-refractivity contribution is 6.22. The first-order valence-electron chi connectivity index (χ1n) is 11.5. The van der Waals surface area contributed by atoms with Crippen molar-refractivity contribution in [3.05, 3.63) is 131 Å². The Bertz CT molecular complexity index is 1560. The van der Waals surface area contributed by atoms with Crippen molar-refractivity contribution in [3.63, 3.8) is 0 Å². The fourth-order valence-corrected chi connectivity index (χ4v) is 6.53. The van der Waals surface area contributed by atoms with E-state index in [1.54, 1.807) is 0 Å². The van der Waals surface area contributed by atoms with Crippen LogP contribution in [-0.2, 0) is 6.42 Å². The number of allylic oxidation sites excluding steroid dienone is 3. The van der Waals surface area contributed by atoms with Crippen LogP contribution in [0.2, 0.25) is 0 Å². The van der Waals surface area contributed by atoms with Gasteiger partial charge in [-0.1, -0.05) is 91.0 Å². The predicted octanol–water partition coefficient (Wildman–Crippen LogP) is 7.40. The Labute approximate surface area is 187 Å². The number of nitrogens with zero attached hydrogens (tertiary/aromatic N) is 1. The molecule has 2 atom stereocenters. The topological polar surface area (TPSA) is 3.24 Å². The monoisotopic (exact) mass is 407 g/mol. The van der Waals surface area contributed by atoms with Gasteiger partial charge < -0.3 is 4.90 Å². The van der Waals surface area contributed by atoms with Crippen LogP contribution in [0, 0.1) is 0 Å². The molecule has 32 heavy (non-hydrogen) atoms. The lowest BCUT2D eigenvalue weighted by atomic mass is 9.91. The van der Waals surface area contributed by atoms with Gasteiger partial charge in [0.15, 0.2) is 0 Å². The van der Waals surface area contributed by atoms with E-state index < -0.39 is 0 Å². The third-order valence-corrected chi connectivity index (χ3v) is 7.79. The van der Waals surface area contributed by atoms with Crippen molar-refractivity contribution < 1.29 is 0 Å². The molecule has 3 aliphatic carbocycles. The highest BCUT2D eigenvalue weighted by atomic mass is 15.2. The Hall–Kier alpha value is -3.84. The maximum absolute atomic E-state index is 2.57. The van der Waals surface area contributed by atoms with E-state index in [4.69, 9.17) is 0 Å². The molecular formula is C31H21N. The van der Waals surface area contributed by atoms with Gasteiger partial charge in [-0.25, -0.2) is 0 Å². The highest BCUT2D eigenvalue weighted by Crippen LogP contribution is 2.55. The minimum absolute atomic E-state index is 0.330. The molecule has 0 N–H and O–H groups in total. The first kappa shape index (κ1) is 16.8. The molecule has 0 spiro atoms. The molecule has 0 radical (unpaired) electrons. The average Bonchev–Trinajstić information content (AvgIpc) is 3.49. The lowest BCUT2D eigenvalue weighted by Gasteiger charge is -2.30. The zero-order valence-electron chi connectivity index (χ0n) is 17.6. The molecule has 0 aromatic heterocycles. The van der Waals surface area contributed by atoms with Crippen LogP contribution in [0.25, 0.3) is 21.9 Å². The summed E-state index contributed by atoms with van der Waals surface area (Å²) in [5.41, 5.74) is 12.7. The number of rotatable bonds is 1. The lowest BCUT2D eigenvalue weighted by Crippen LogP contribution is -2.28. The van der Waals surface area contributed by atoms with E-state index in [9.17, 15) is 0 Å². The van der Waals surface area contributed by atoms with E-state index in [0.717, 1.165) is 6.42 Å². The maximum Gasteiger partial charge on any atom is 0.0629 e. The fourth-order valence-electron chi connectivity index (χ4n) is 6.53. The SMILES string of the molecule is C1=CC2c3ccccc3N(c3ccc4c5c(cccc35)C3=C4Cc4ccccc43)C2C=C1. The van der Waals surface area contributed by atoms with E-state index >= 15 is 0 Å². The summed E-state index contributed by atoms with van der Waals surface area (Å²) in [4.78, 5) is 2.57. The van der Waals surface area contributed by atoms with E-state index in [1.165, 1.54) is 61.1 Å². The molecule has 150 valence electrons. The third kappa shape index (κ3) is 1.95. The molecule has 8 rings (SSSR count). The van der Waals surface area contributed by atoms with Gasteiger partial charge in [-0.3, -0.25) is 0 Å². The normalized spacial score (nSPS) is 21.2. The van der Waals surface area contributed by atoms with Crippen LogP contribution >= 0.6 is 0 Å². The number of anilines is 2. The quantitative estimate of drug-likeness (QED) is 0.318. The second-order valence-corrected chi connectivity index (χ2v) is 9.26. The molecule has 0 saturated carbocycles. The largest absolute Gasteiger partial charge is 0.333 e. The van der Waals surface area contributed by atoms with Gasteiger partial charge in [0.25, 0.3) is 0 Å². The van der Waals surface area contributed by atoms with E-state index in [1.807, 2.05) is 0 Å². The van der Waals surface area contributed by atoms with E-state index in [0.29, 0.717) is 12.0 Å². The Balaban J connectivity index is 1.38. The van der Waals surface area contributed by atoms with Gasteiger partial charge in [-0.2, -0.15) is 0 Å². The van der Waals surface area contributed by atoms with Crippen molar-refractivity contribution in [1.29, 1.82) is 0 Å². The minimum Gasteiger partial charge on any atom is -0.333 e. The molecule has 1 nitrogen and oxygen atoms in total. The van der Waals surface area contributed by atoms with Gasteiger partial charge >= 0.3 is 0 Å². The van der Waals surface area contributed by atoms with Gasteiger partial charge in [0.2, 0.25) is 0 Å². The van der Waals surface area contributed by atoms with Crippen molar-refractivity contribution in [2.75, 3.05) is 4.90 Å². The number of hydrogen-bond donors (Lipinski definition) is 0. The molecule has 1 heterocycles. The molecule has 0 bridgehead atoms. The summed E-state index contributed by atoms with van der Waals surface area (Å²) in [5, 5.41) is 2.80. The van der Waals surface area contributed by atoms with Crippen LogP contribution in [0.3, 0.4) is 0 Å². The first-order valence-corrected chi connectivity index (χ1v) is 11.5. The molecule has 0 saturated heterocycles. The van der Waals surface area contributed by atoms with Crippen LogP contribution < -0.4 is 4.90 Å². The summed E-state index contributed by atoms with van der Waals surface area (Å²) in [7, 11) is 0. The third-order valence-electron chi connectivity index (χ3n) is 7.79. The van der Waals surface area contributed by atoms with Gasteiger partial charge in [-0.05, 0) is 62.9 Å². The molecule has 1 heteroatoms. The van der Waals surface area contributed by atoms with Crippen molar-refractivity contribution in [3.8, 4) is 0 Å².